The summed E-state index contributed by atoms with van der Waals surface area (Å²) in [5.74, 6) is 1.76. The largest absolute Gasteiger partial charge is 0.356 e. The second kappa shape index (κ2) is 6.89. The van der Waals surface area contributed by atoms with Gasteiger partial charge in [0.2, 0.25) is 5.91 Å². The molecule has 1 aliphatic carbocycles. The van der Waals surface area contributed by atoms with E-state index < -0.39 is 0 Å². The lowest BCUT2D eigenvalue weighted by Crippen LogP contribution is -2.38. The highest BCUT2D eigenvalue weighted by Crippen LogP contribution is 2.30. The van der Waals surface area contributed by atoms with Gasteiger partial charge in [-0.3, -0.25) is 4.79 Å². The molecule has 94 valence electrons. The summed E-state index contributed by atoms with van der Waals surface area (Å²) in [6.07, 6.45) is 3.94. The van der Waals surface area contributed by atoms with E-state index in [0.29, 0.717) is 5.92 Å². The third-order valence-electron chi connectivity index (χ3n) is 3.73. The number of carbonyl (C=O) groups excluding carboxylic acids is 1. The number of nitrogens with one attached hydrogen (secondary N) is 2. The van der Waals surface area contributed by atoms with Crippen molar-refractivity contribution < 1.29 is 4.79 Å². The van der Waals surface area contributed by atoms with Crippen LogP contribution in [0.3, 0.4) is 0 Å². The molecule has 1 aliphatic rings. The van der Waals surface area contributed by atoms with Crippen LogP contribution < -0.4 is 10.6 Å². The maximum atomic E-state index is 11.8. The van der Waals surface area contributed by atoms with Gasteiger partial charge in [-0.25, -0.2) is 0 Å². The molecule has 16 heavy (non-hydrogen) atoms. The first-order valence-electron chi connectivity index (χ1n) is 6.63. The predicted octanol–water partition coefficient (Wildman–Crippen LogP) is 1.78. The van der Waals surface area contributed by atoms with Gasteiger partial charge in [0, 0.05) is 19.0 Å². The van der Waals surface area contributed by atoms with Crippen molar-refractivity contribution in [2.45, 2.75) is 40.0 Å². The Morgan fingerprint density at radius 1 is 1.44 bits per heavy atom. The first-order chi connectivity index (χ1) is 7.65. The molecule has 0 aromatic heterocycles. The van der Waals surface area contributed by atoms with Crippen LogP contribution in [0.25, 0.3) is 0 Å². The molecule has 0 radical (unpaired) electrons. The summed E-state index contributed by atoms with van der Waals surface area (Å²) in [5.41, 5.74) is 0. The molecule has 3 atom stereocenters. The first kappa shape index (κ1) is 13.5. The Morgan fingerprint density at radius 2 is 2.19 bits per heavy atom. The van der Waals surface area contributed by atoms with Crippen molar-refractivity contribution in [2.75, 3.05) is 19.6 Å². The SMILES string of the molecule is CCNCC(C)C(=O)NCC1CCCC1C. The van der Waals surface area contributed by atoms with Crippen LogP contribution in [-0.2, 0) is 4.79 Å². The molecule has 2 N–H and O–H groups in total. The molecule has 3 unspecified atom stereocenters. The van der Waals surface area contributed by atoms with Crippen molar-refractivity contribution in [3.8, 4) is 0 Å². The van der Waals surface area contributed by atoms with E-state index in [9.17, 15) is 4.79 Å². The summed E-state index contributed by atoms with van der Waals surface area (Å²) in [5, 5.41) is 6.29. The second-order valence-corrected chi connectivity index (χ2v) is 5.12. The van der Waals surface area contributed by atoms with Gasteiger partial charge in [-0.2, -0.15) is 0 Å². The minimum Gasteiger partial charge on any atom is -0.356 e. The molecule has 3 heteroatoms. The molecule has 1 amide bonds. The van der Waals surface area contributed by atoms with Crippen LogP contribution in [0.15, 0.2) is 0 Å². The first-order valence-corrected chi connectivity index (χ1v) is 6.63. The van der Waals surface area contributed by atoms with E-state index in [1.165, 1.54) is 19.3 Å². The van der Waals surface area contributed by atoms with Gasteiger partial charge in [0.15, 0.2) is 0 Å². The van der Waals surface area contributed by atoms with Crippen LogP contribution in [0.5, 0.6) is 0 Å². The zero-order chi connectivity index (χ0) is 12.0. The van der Waals surface area contributed by atoms with Crippen LogP contribution in [0.2, 0.25) is 0 Å². The highest BCUT2D eigenvalue weighted by Gasteiger charge is 2.24. The Bertz CT molecular complexity index is 218. The maximum absolute atomic E-state index is 11.8. The van der Waals surface area contributed by atoms with Crippen molar-refractivity contribution in [1.82, 2.24) is 10.6 Å². The monoisotopic (exact) mass is 226 g/mol. The highest BCUT2D eigenvalue weighted by atomic mass is 16.1. The molecule has 0 aromatic carbocycles. The Hall–Kier alpha value is -0.570. The molecule has 0 saturated heterocycles. The van der Waals surface area contributed by atoms with Gasteiger partial charge < -0.3 is 10.6 Å². The van der Waals surface area contributed by atoms with Crippen molar-refractivity contribution >= 4 is 5.91 Å². The molecule has 1 fully saturated rings. The Balaban J connectivity index is 2.18. The smallest absolute Gasteiger partial charge is 0.224 e. The molecule has 1 saturated carbocycles. The fourth-order valence-corrected chi connectivity index (χ4v) is 2.38. The number of amides is 1. The molecule has 0 spiro atoms. The van der Waals surface area contributed by atoms with Crippen molar-refractivity contribution in [3.05, 3.63) is 0 Å². The normalized spacial score (nSPS) is 26.7. The Labute approximate surface area is 99.4 Å². The molecule has 1 rings (SSSR count). The van der Waals surface area contributed by atoms with Gasteiger partial charge in [-0.05, 0) is 24.8 Å². The Kier molecular flexibility index (Phi) is 5.81. The van der Waals surface area contributed by atoms with Crippen LogP contribution in [0.4, 0.5) is 0 Å². The zero-order valence-electron chi connectivity index (χ0n) is 10.9. The third-order valence-corrected chi connectivity index (χ3v) is 3.73. The minimum absolute atomic E-state index is 0.0802. The summed E-state index contributed by atoms with van der Waals surface area (Å²) < 4.78 is 0. The average molecular weight is 226 g/mol. The highest BCUT2D eigenvalue weighted by molar-refractivity contribution is 5.78. The van der Waals surface area contributed by atoms with E-state index in [1.54, 1.807) is 0 Å². The van der Waals surface area contributed by atoms with Crippen molar-refractivity contribution in [3.63, 3.8) is 0 Å². The lowest BCUT2D eigenvalue weighted by molar-refractivity contribution is -0.124. The molecule has 3 nitrogen and oxygen atoms in total. The van der Waals surface area contributed by atoms with Gasteiger partial charge in [0.05, 0.1) is 0 Å². The van der Waals surface area contributed by atoms with Gasteiger partial charge >= 0.3 is 0 Å². The van der Waals surface area contributed by atoms with Crippen LogP contribution in [0.1, 0.15) is 40.0 Å². The summed E-state index contributed by atoms with van der Waals surface area (Å²) in [6.45, 7) is 8.92. The van der Waals surface area contributed by atoms with E-state index >= 15 is 0 Å². The van der Waals surface area contributed by atoms with E-state index in [0.717, 1.165) is 25.6 Å². The predicted molar refractivity (Wildman–Crippen MR) is 67.2 cm³/mol. The number of hydrogen-bond donors (Lipinski definition) is 2. The second-order valence-electron chi connectivity index (χ2n) is 5.12. The summed E-state index contributed by atoms with van der Waals surface area (Å²) in [7, 11) is 0. The van der Waals surface area contributed by atoms with Crippen molar-refractivity contribution in [2.24, 2.45) is 17.8 Å². The van der Waals surface area contributed by atoms with Crippen LogP contribution in [-0.4, -0.2) is 25.5 Å². The van der Waals surface area contributed by atoms with Gasteiger partial charge in [-0.15, -0.1) is 0 Å². The topological polar surface area (TPSA) is 41.1 Å². The van der Waals surface area contributed by atoms with E-state index in [-0.39, 0.29) is 11.8 Å². The number of rotatable bonds is 6. The van der Waals surface area contributed by atoms with E-state index in [1.807, 2.05) is 6.92 Å². The molecular weight excluding hydrogens is 200 g/mol. The quantitative estimate of drug-likeness (QED) is 0.725. The van der Waals surface area contributed by atoms with E-state index in [4.69, 9.17) is 0 Å². The van der Waals surface area contributed by atoms with E-state index in [2.05, 4.69) is 24.5 Å². The lowest BCUT2D eigenvalue weighted by atomic mass is 9.98. The van der Waals surface area contributed by atoms with Crippen LogP contribution >= 0.6 is 0 Å². The summed E-state index contributed by atoms with van der Waals surface area (Å²) in [6, 6.07) is 0. The molecular formula is C13H26N2O. The average Bonchev–Trinajstić information content (AvgIpc) is 2.68. The minimum atomic E-state index is 0.0802. The molecule has 0 aliphatic heterocycles. The fourth-order valence-electron chi connectivity index (χ4n) is 2.38. The zero-order valence-corrected chi connectivity index (χ0v) is 10.9. The summed E-state index contributed by atoms with van der Waals surface area (Å²) in [4.78, 5) is 11.8. The summed E-state index contributed by atoms with van der Waals surface area (Å²) >= 11 is 0. The van der Waals surface area contributed by atoms with Gasteiger partial charge in [0.1, 0.15) is 0 Å². The fraction of sp³-hybridized carbons (Fsp3) is 0.923. The van der Waals surface area contributed by atoms with Gasteiger partial charge in [0.25, 0.3) is 0 Å². The van der Waals surface area contributed by atoms with Crippen LogP contribution in [0, 0.1) is 17.8 Å². The lowest BCUT2D eigenvalue weighted by Gasteiger charge is -2.18. The standard InChI is InChI=1S/C13H26N2O/c1-4-14-8-11(3)13(16)15-9-12-7-5-6-10(12)2/h10-12,14H,4-9H2,1-3H3,(H,15,16). The van der Waals surface area contributed by atoms with Crippen molar-refractivity contribution in [1.29, 1.82) is 0 Å². The van der Waals surface area contributed by atoms with Gasteiger partial charge in [-0.1, -0.05) is 33.6 Å². The number of hydrogen-bond acceptors (Lipinski definition) is 2. The molecule has 0 aromatic rings. The number of carbonyl (C=O) groups is 1. The molecule has 0 heterocycles. The third kappa shape index (κ3) is 4.12. The maximum Gasteiger partial charge on any atom is 0.224 e. The molecule has 0 bridgehead atoms. The Morgan fingerprint density at radius 3 is 2.75 bits per heavy atom.